The molecule has 7 nitrogen and oxygen atoms in total. The van der Waals surface area contributed by atoms with Crippen LogP contribution >= 0.6 is 0 Å². The zero-order valence-corrected chi connectivity index (χ0v) is 23.5. The van der Waals surface area contributed by atoms with E-state index in [0.29, 0.717) is 57.1 Å². The topological polar surface area (TPSA) is 85.7 Å². The molecule has 2 saturated carbocycles. The maximum Gasteiger partial charge on any atom is 0.224 e. The number of likely N-dealkylation sites (tertiary alicyclic amines) is 1. The fraction of sp³-hybridized carbons (Fsp3) is 0.719. The van der Waals surface area contributed by atoms with Crippen LogP contribution in [0.3, 0.4) is 0 Å². The first-order valence-corrected chi connectivity index (χ1v) is 15.4. The summed E-state index contributed by atoms with van der Waals surface area (Å²) in [5.74, 6) is 0.550. The smallest absolute Gasteiger partial charge is 0.224 e. The number of nitrogens with zero attached hydrogens (tertiary/aromatic N) is 3. The van der Waals surface area contributed by atoms with E-state index in [1.165, 1.54) is 37.7 Å². The normalized spacial score (nSPS) is 29.5. The predicted octanol–water partition coefficient (Wildman–Crippen LogP) is 4.63. The second-order valence-corrected chi connectivity index (χ2v) is 12.5. The van der Waals surface area contributed by atoms with Gasteiger partial charge in [0.2, 0.25) is 11.8 Å². The largest absolute Gasteiger partial charge is 0.378 e. The summed E-state index contributed by atoms with van der Waals surface area (Å²) < 4.78 is 5.43. The molecule has 212 valence electrons. The third kappa shape index (κ3) is 7.21. The Morgan fingerprint density at radius 2 is 1.72 bits per heavy atom. The molecular formula is C32H46N4O3. The fourth-order valence-corrected chi connectivity index (χ4v) is 7.45. The van der Waals surface area contributed by atoms with Crippen LogP contribution in [0.25, 0.3) is 0 Å². The molecule has 0 aromatic heterocycles. The van der Waals surface area contributed by atoms with Crippen LogP contribution < -0.4 is 5.32 Å². The van der Waals surface area contributed by atoms with Crippen LogP contribution in [-0.4, -0.2) is 72.6 Å². The Balaban J connectivity index is 1.23. The number of amides is 2. The molecule has 2 atom stereocenters. The molecule has 1 N–H and O–H groups in total. The average Bonchev–Trinajstić information content (AvgIpc) is 3.43. The van der Waals surface area contributed by atoms with Crippen molar-refractivity contribution in [2.45, 2.75) is 94.5 Å². The lowest BCUT2D eigenvalue weighted by Crippen LogP contribution is -2.53. The fourth-order valence-electron chi connectivity index (χ4n) is 7.45. The molecule has 5 rings (SSSR count). The lowest BCUT2D eigenvalue weighted by atomic mass is 9.75. The minimum absolute atomic E-state index is 0.0395. The van der Waals surface area contributed by atoms with Crippen molar-refractivity contribution in [2.24, 2.45) is 11.8 Å². The quantitative estimate of drug-likeness (QED) is 0.526. The van der Waals surface area contributed by atoms with Crippen LogP contribution in [-0.2, 0) is 14.3 Å². The van der Waals surface area contributed by atoms with E-state index < -0.39 is 11.5 Å². The molecule has 2 heterocycles. The molecule has 2 aliphatic heterocycles. The van der Waals surface area contributed by atoms with E-state index in [4.69, 9.17) is 4.74 Å². The second-order valence-electron chi connectivity index (χ2n) is 12.5. The summed E-state index contributed by atoms with van der Waals surface area (Å²) in [5.41, 5.74) is 0.562. The van der Waals surface area contributed by atoms with Crippen LogP contribution in [0.4, 0.5) is 0 Å². The zero-order valence-electron chi connectivity index (χ0n) is 23.5. The summed E-state index contributed by atoms with van der Waals surface area (Å²) in [5, 5.41) is 13.4. The van der Waals surface area contributed by atoms with E-state index in [-0.39, 0.29) is 18.2 Å². The van der Waals surface area contributed by atoms with Gasteiger partial charge in [-0.1, -0.05) is 49.6 Å². The highest BCUT2D eigenvalue weighted by atomic mass is 16.5. The first-order chi connectivity index (χ1) is 19.0. The number of benzene rings is 1. The third-order valence-corrected chi connectivity index (χ3v) is 9.86. The van der Waals surface area contributed by atoms with Crippen molar-refractivity contribution in [3.8, 4) is 6.07 Å². The highest BCUT2D eigenvalue weighted by Gasteiger charge is 2.43. The molecular weight excluding hydrogens is 488 g/mol. The summed E-state index contributed by atoms with van der Waals surface area (Å²) >= 11 is 0. The molecule has 39 heavy (non-hydrogen) atoms. The lowest BCUT2D eigenvalue weighted by molar-refractivity contribution is -0.140. The number of carbonyl (C=O) groups excluding carboxylic acids is 2. The van der Waals surface area contributed by atoms with Crippen molar-refractivity contribution in [3.05, 3.63) is 35.9 Å². The zero-order chi connectivity index (χ0) is 27.1. The first kappa shape index (κ1) is 28.1. The Hall–Kier alpha value is -2.43. The minimum atomic E-state index is -0.847. The summed E-state index contributed by atoms with van der Waals surface area (Å²) in [4.78, 5) is 31.4. The molecule has 0 bridgehead atoms. The van der Waals surface area contributed by atoms with Gasteiger partial charge in [0.05, 0.1) is 19.3 Å². The van der Waals surface area contributed by atoms with Gasteiger partial charge in [0.25, 0.3) is 0 Å². The highest BCUT2D eigenvalue weighted by molar-refractivity contribution is 5.86. The third-order valence-electron chi connectivity index (χ3n) is 9.86. The van der Waals surface area contributed by atoms with Crippen molar-refractivity contribution in [3.63, 3.8) is 0 Å². The minimum Gasteiger partial charge on any atom is -0.378 e. The number of nitriles is 1. The summed E-state index contributed by atoms with van der Waals surface area (Å²) in [6.07, 6.45) is 12.2. The maximum atomic E-state index is 13.8. The van der Waals surface area contributed by atoms with Crippen LogP contribution in [0.15, 0.2) is 30.3 Å². The van der Waals surface area contributed by atoms with Crippen molar-refractivity contribution in [1.82, 2.24) is 15.1 Å². The number of nitrogens with one attached hydrogen (secondary N) is 1. The van der Waals surface area contributed by atoms with Crippen LogP contribution in [0, 0.1) is 23.2 Å². The Kier molecular flexibility index (Phi) is 9.57. The molecule has 1 aromatic carbocycles. The van der Waals surface area contributed by atoms with Crippen molar-refractivity contribution in [2.75, 3.05) is 39.4 Å². The van der Waals surface area contributed by atoms with Gasteiger partial charge in [-0.25, -0.2) is 0 Å². The molecule has 0 spiro atoms. The number of hydrogen-bond donors (Lipinski definition) is 1. The molecule has 2 saturated heterocycles. The summed E-state index contributed by atoms with van der Waals surface area (Å²) in [7, 11) is 0. The van der Waals surface area contributed by atoms with Gasteiger partial charge in [-0.05, 0) is 68.8 Å². The molecule has 1 aromatic rings. The van der Waals surface area contributed by atoms with Gasteiger partial charge in [0, 0.05) is 44.6 Å². The maximum absolute atomic E-state index is 13.8. The number of carbonyl (C=O) groups is 2. The first-order valence-electron chi connectivity index (χ1n) is 15.4. The van der Waals surface area contributed by atoms with Gasteiger partial charge in [-0.15, -0.1) is 0 Å². The van der Waals surface area contributed by atoms with Gasteiger partial charge >= 0.3 is 0 Å². The predicted molar refractivity (Wildman–Crippen MR) is 151 cm³/mol. The molecule has 2 unspecified atom stereocenters. The summed E-state index contributed by atoms with van der Waals surface area (Å²) in [6.45, 7) is 3.76. The summed E-state index contributed by atoms with van der Waals surface area (Å²) in [6, 6.07) is 13.8. The van der Waals surface area contributed by atoms with E-state index in [0.717, 1.165) is 38.6 Å². The lowest BCUT2D eigenvalue weighted by Gasteiger charge is -2.34. The molecule has 2 aliphatic carbocycles. The second kappa shape index (κ2) is 13.3. The Labute approximate surface area is 234 Å². The van der Waals surface area contributed by atoms with Gasteiger partial charge in [-0.3, -0.25) is 14.5 Å². The monoisotopic (exact) mass is 534 g/mol. The van der Waals surface area contributed by atoms with Crippen molar-refractivity contribution in [1.29, 1.82) is 5.26 Å². The van der Waals surface area contributed by atoms with Gasteiger partial charge in [-0.2, -0.15) is 5.26 Å². The van der Waals surface area contributed by atoms with E-state index in [1.54, 1.807) is 0 Å². The average molecular weight is 535 g/mol. The Morgan fingerprint density at radius 1 is 1.00 bits per heavy atom. The van der Waals surface area contributed by atoms with Crippen molar-refractivity contribution < 1.29 is 14.3 Å². The van der Waals surface area contributed by atoms with Crippen LogP contribution in [0.1, 0.15) is 88.5 Å². The van der Waals surface area contributed by atoms with E-state index in [9.17, 15) is 14.9 Å². The number of ether oxygens (including phenoxy) is 1. The van der Waals surface area contributed by atoms with Crippen LogP contribution in [0.2, 0.25) is 0 Å². The molecule has 2 amide bonds. The Morgan fingerprint density at radius 3 is 2.41 bits per heavy atom. The molecule has 4 aliphatic rings. The molecule has 4 fully saturated rings. The highest BCUT2D eigenvalue weighted by Crippen LogP contribution is 2.39. The van der Waals surface area contributed by atoms with Crippen molar-refractivity contribution >= 4 is 11.8 Å². The van der Waals surface area contributed by atoms with Crippen LogP contribution in [0.5, 0.6) is 0 Å². The van der Waals surface area contributed by atoms with Gasteiger partial charge < -0.3 is 15.0 Å². The molecule has 7 heteroatoms. The number of morpholine rings is 1. The Bertz CT molecular complexity index is 990. The number of rotatable bonds is 8. The molecule has 0 radical (unpaired) electrons. The van der Waals surface area contributed by atoms with Gasteiger partial charge in [0.15, 0.2) is 0 Å². The van der Waals surface area contributed by atoms with Gasteiger partial charge in [0.1, 0.15) is 5.54 Å². The van der Waals surface area contributed by atoms with E-state index in [1.807, 2.05) is 4.90 Å². The number of hydrogen-bond acceptors (Lipinski definition) is 5. The standard InChI is InChI=1S/C32H46N4O3/c33-23-32(15-16-36(24-32)29-9-5-2-6-10-29)34-31(38)28(22-30(37)35-17-19-39-20-18-35)21-25-11-13-27(14-12-25)26-7-3-1-4-8-26/h1,3-4,7-8,25,27-29H,2,5-6,9-22,24H2,(H,34,38)/t25-,27-,28?,32?. The van der Waals surface area contributed by atoms with E-state index >= 15 is 0 Å². The SMILES string of the molecule is N#CC1(NC(=O)C(CC(=O)N2CCOCC2)C[C@H]2CC[C@H](c3ccccc3)CC2)CCN(C2CCCCC2)C1. The van der Waals surface area contributed by atoms with E-state index in [2.05, 4.69) is 46.6 Å².